The second-order valence-corrected chi connectivity index (χ2v) is 7.10. The van der Waals surface area contributed by atoms with E-state index in [0.717, 1.165) is 10.9 Å². The summed E-state index contributed by atoms with van der Waals surface area (Å²) in [6, 6.07) is 7.79. The third-order valence-corrected chi connectivity index (χ3v) is 4.74. The first-order chi connectivity index (χ1) is 9.45. The van der Waals surface area contributed by atoms with Gasteiger partial charge in [-0.3, -0.25) is 4.79 Å². The van der Waals surface area contributed by atoms with Crippen LogP contribution in [0.5, 0.6) is 0 Å². The highest BCUT2D eigenvalue weighted by Gasteiger charge is 2.35. The minimum Gasteiger partial charge on any atom is -0.368 e. The Morgan fingerprint density at radius 3 is 2.65 bits per heavy atom. The molecule has 1 aliphatic rings. The first-order valence-electron chi connectivity index (χ1n) is 6.62. The molecule has 0 aromatic heterocycles. The van der Waals surface area contributed by atoms with Crippen molar-refractivity contribution in [3.63, 3.8) is 0 Å². The molecule has 2 rings (SSSR count). The van der Waals surface area contributed by atoms with Gasteiger partial charge in [-0.2, -0.15) is 0 Å². The average Bonchev–Trinajstić information content (AvgIpc) is 2.44. The van der Waals surface area contributed by atoms with Crippen LogP contribution in [0.25, 0.3) is 0 Å². The smallest absolute Gasteiger partial charge is 0.254 e. The van der Waals surface area contributed by atoms with Gasteiger partial charge < -0.3 is 9.64 Å². The SMILES string of the molecule is CSc1ccc(C(=O)N2CC(CBr)OC(C)(C)C2)cc1. The molecule has 1 atom stereocenters. The van der Waals surface area contributed by atoms with Gasteiger partial charge in [0.25, 0.3) is 5.91 Å². The number of hydrogen-bond donors (Lipinski definition) is 0. The summed E-state index contributed by atoms with van der Waals surface area (Å²) in [5, 5.41) is 0.742. The third kappa shape index (κ3) is 3.77. The van der Waals surface area contributed by atoms with Gasteiger partial charge in [-0.15, -0.1) is 11.8 Å². The second kappa shape index (κ2) is 6.50. The minimum atomic E-state index is -0.300. The van der Waals surface area contributed by atoms with Crippen molar-refractivity contribution in [2.75, 3.05) is 24.7 Å². The Morgan fingerprint density at radius 2 is 2.10 bits per heavy atom. The number of ether oxygens (including phenoxy) is 1. The van der Waals surface area contributed by atoms with Gasteiger partial charge in [0, 0.05) is 28.9 Å². The van der Waals surface area contributed by atoms with E-state index < -0.39 is 0 Å². The van der Waals surface area contributed by atoms with Crippen molar-refractivity contribution in [2.45, 2.75) is 30.4 Å². The van der Waals surface area contributed by atoms with Crippen LogP contribution in [0.3, 0.4) is 0 Å². The van der Waals surface area contributed by atoms with Gasteiger partial charge in [-0.05, 0) is 44.4 Å². The van der Waals surface area contributed by atoms with Crippen LogP contribution < -0.4 is 0 Å². The summed E-state index contributed by atoms with van der Waals surface area (Å²) in [6.07, 6.45) is 2.08. The summed E-state index contributed by atoms with van der Waals surface area (Å²) in [5.41, 5.74) is 0.444. The molecule has 0 saturated carbocycles. The zero-order valence-electron chi connectivity index (χ0n) is 12.1. The Balaban J connectivity index is 2.14. The molecular weight excluding hydrogens is 338 g/mol. The molecule has 1 saturated heterocycles. The topological polar surface area (TPSA) is 29.5 Å². The molecule has 3 nitrogen and oxygen atoms in total. The number of hydrogen-bond acceptors (Lipinski definition) is 3. The number of carbonyl (C=O) groups excluding carboxylic acids is 1. The summed E-state index contributed by atoms with van der Waals surface area (Å²) < 4.78 is 5.93. The lowest BCUT2D eigenvalue weighted by molar-refractivity contribution is -0.116. The largest absolute Gasteiger partial charge is 0.368 e. The lowest BCUT2D eigenvalue weighted by Gasteiger charge is -2.42. The number of thioether (sulfide) groups is 1. The Kier molecular flexibility index (Phi) is 5.15. The monoisotopic (exact) mass is 357 g/mol. The Hall–Kier alpha value is -0.520. The molecule has 0 bridgehead atoms. The van der Waals surface area contributed by atoms with Crippen LogP contribution in [0.4, 0.5) is 0 Å². The first kappa shape index (κ1) is 15.9. The average molecular weight is 358 g/mol. The van der Waals surface area contributed by atoms with Gasteiger partial charge in [0.1, 0.15) is 0 Å². The maximum atomic E-state index is 12.6. The summed E-state index contributed by atoms with van der Waals surface area (Å²) in [4.78, 5) is 15.7. The third-order valence-electron chi connectivity index (χ3n) is 3.28. The molecule has 1 aliphatic heterocycles. The molecule has 1 unspecified atom stereocenters. The fraction of sp³-hybridized carbons (Fsp3) is 0.533. The van der Waals surface area contributed by atoms with Crippen molar-refractivity contribution in [1.29, 1.82) is 0 Å². The number of halogens is 1. The van der Waals surface area contributed by atoms with E-state index in [1.807, 2.05) is 49.3 Å². The van der Waals surface area contributed by atoms with Gasteiger partial charge in [-0.1, -0.05) is 15.9 Å². The highest BCUT2D eigenvalue weighted by Crippen LogP contribution is 2.24. The Labute approximate surface area is 133 Å². The number of benzene rings is 1. The fourth-order valence-corrected chi connectivity index (χ4v) is 3.19. The lowest BCUT2D eigenvalue weighted by Crippen LogP contribution is -2.55. The lowest BCUT2D eigenvalue weighted by atomic mass is 10.0. The predicted molar refractivity (Wildman–Crippen MR) is 86.9 cm³/mol. The molecule has 110 valence electrons. The quantitative estimate of drug-likeness (QED) is 0.613. The van der Waals surface area contributed by atoms with Gasteiger partial charge in [0.15, 0.2) is 0 Å². The van der Waals surface area contributed by atoms with Crippen LogP contribution >= 0.6 is 27.7 Å². The standard InChI is InChI=1S/C15H20BrNO2S/c1-15(2)10-17(9-12(8-16)19-15)14(18)11-4-6-13(20-3)7-5-11/h4-7,12H,8-10H2,1-3H3. The second-order valence-electron chi connectivity index (χ2n) is 5.57. The molecule has 1 fully saturated rings. The zero-order chi connectivity index (χ0) is 14.8. The number of morpholine rings is 1. The molecule has 5 heteroatoms. The van der Waals surface area contributed by atoms with Crippen molar-refractivity contribution in [3.05, 3.63) is 29.8 Å². The van der Waals surface area contributed by atoms with Crippen LogP contribution in [0.1, 0.15) is 24.2 Å². The molecule has 0 N–H and O–H groups in total. The maximum absolute atomic E-state index is 12.6. The zero-order valence-corrected chi connectivity index (χ0v) is 14.5. The predicted octanol–water partition coefficient (Wildman–Crippen LogP) is 3.42. The normalized spacial score (nSPS) is 21.8. The minimum absolute atomic E-state index is 0.0492. The van der Waals surface area contributed by atoms with Gasteiger partial charge in [0.05, 0.1) is 11.7 Å². The maximum Gasteiger partial charge on any atom is 0.254 e. The van der Waals surface area contributed by atoms with Crippen LogP contribution in [0.2, 0.25) is 0 Å². The first-order valence-corrected chi connectivity index (χ1v) is 8.97. The molecule has 1 heterocycles. The Morgan fingerprint density at radius 1 is 1.45 bits per heavy atom. The number of alkyl halides is 1. The summed E-state index contributed by atoms with van der Waals surface area (Å²) in [6.45, 7) is 5.31. The van der Waals surface area contributed by atoms with Gasteiger partial charge in [-0.25, -0.2) is 0 Å². The summed E-state index contributed by atoms with van der Waals surface area (Å²) in [5.74, 6) is 0.0833. The van der Waals surface area contributed by atoms with Crippen molar-refractivity contribution in [1.82, 2.24) is 4.90 Å². The molecule has 1 aromatic carbocycles. The van der Waals surface area contributed by atoms with Crippen molar-refractivity contribution in [2.24, 2.45) is 0 Å². The van der Waals surface area contributed by atoms with E-state index in [4.69, 9.17) is 4.74 Å². The highest BCUT2D eigenvalue weighted by atomic mass is 79.9. The van der Waals surface area contributed by atoms with Crippen LogP contribution in [-0.2, 0) is 4.74 Å². The van der Waals surface area contributed by atoms with E-state index in [1.165, 1.54) is 4.90 Å². The van der Waals surface area contributed by atoms with Gasteiger partial charge in [0.2, 0.25) is 0 Å². The van der Waals surface area contributed by atoms with Gasteiger partial charge >= 0.3 is 0 Å². The Bertz CT molecular complexity index is 475. The number of carbonyl (C=O) groups is 1. The molecule has 20 heavy (non-hydrogen) atoms. The van der Waals surface area contributed by atoms with Crippen LogP contribution in [0.15, 0.2) is 29.2 Å². The summed E-state index contributed by atoms with van der Waals surface area (Å²) in [7, 11) is 0. The van der Waals surface area contributed by atoms with E-state index in [-0.39, 0.29) is 17.6 Å². The van der Waals surface area contributed by atoms with Crippen molar-refractivity contribution >= 4 is 33.6 Å². The van der Waals surface area contributed by atoms with E-state index in [2.05, 4.69) is 15.9 Å². The van der Waals surface area contributed by atoms with Crippen molar-refractivity contribution < 1.29 is 9.53 Å². The number of rotatable bonds is 3. The van der Waals surface area contributed by atoms with Crippen LogP contribution in [-0.4, -0.2) is 47.2 Å². The van der Waals surface area contributed by atoms with E-state index in [0.29, 0.717) is 13.1 Å². The fourth-order valence-electron chi connectivity index (χ4n) is 2.45. The number of nitrogens with zero attached hydrogens (tertiary/aromatic N) is 1. The van der Waals surface area contributed by atoms with Crippen LogP contribution in [0, 0.1) is 0 Å². The molecule has 0 radical (unpaired) electrons. The molecular formula is C15H20BrNO2S. The molecule has 0 spiro atoms. The highest BCUT2D eigenvalue weighted by molar-refractivity contribution is 9.09. The molecule has 1 amide bonds. The molecule has 1 aromatic rings. The summed E-state index contributed by atoms with van der Waals surface area (Å²) >= 11 is 5.13. The molecule has 0 aliphatic carbocycles. The van der Waals surface area contributed by atoms with E-state index in [9.17, 15) is 4.79 Å². The van der Waals surface area contributed by atoms with Crippen molar-refractivity contribution in [3.8, 4) is 0 Å². The van der Waals surface area contributed by atoms with E-state index >= 15 is 0 Å². The van der Waals surface area contributed by atoms with E-state index in [1.54, 1.807) is 11.8 Å². The number of amides is 1.